The Morgan fingerprint density at radius 3 is 1.08 bits per heavy atom. The van der Waals surface area contributed by atoms with E-state index in [0.29, 0.717) is 0 Å². The van der Waals surface area contributed by atoms with E-state index in [1.54, 1.807) is 0 Å². The molecule has 0 unspecified atom stereocenters. The van der Waals surface area contributed by atoms with Crippen LogP contribution in [0, 0.1) is 5.92 Å². The molecule has 0 saturated carbocycles. The van der Waals surface area contributed by atoms with Crippen molar-refractivity contribution in [2.75, 3.05) is 0 Å². The van der Waals surface area contributed by atoms with Gasteiger partial charge in [0, 0.05) is 0 Å². The van der Waals surface area contributed by atoms with Crippen molar-refractivity contribution in [3.63, 3.8) is 0 Å². The minimum Gasteiger partial charge on any atom is -0.303 e. The average Bonchev–Trinajstić information content (AvgIpc) is 2.89. The SMILES string of the molecule is CCCCCCCCC(CCCCCCCC)C(CCCCCCCC)(CCCCCCCC)OP(=O)(O)O. The molecule has 0 aromatic heterocycles. The lowest BCUT2D eigenvalue weighted by Gasteiger charge is -2.41. The van der Waals surface area contributed by atoms with Gasteiger partial charge in [-0.2, -0.15) is 0 Å². The van der Waals surface area contributed by atoms with Crippen LogP contribution in [0.15, 0.2) is 0 Å². The van der Waals surface area contributed by atoms with Crippen LogP contribution in [0.3, 0.4) is 0 Å². The molecule has 0 aromatic carbocycles. The lowest BCUT2D eigenvalue weighted by atomic mass is 9.74. The molecule has 0 bridgehead atoms. The molecular weight excluding hydrogens is 503 g/mol. The normalized spacial score (nSPS) is 12.6. The van der Waals surface area contributed by atoms with Gasteiger partial charge in [0.2, 0.25) is 0 Å². The van der Waals surface area contributed by atoms with Gasteiger partial charge in [0.05, 0.1) is 5.60 Å². The molecule has 0 aliphatic rings. The van der Waals surface area contributed by atoms with E-state index in [1.807, 2.05) is 0 Å². The maximum Gasteiger partial charge on any atom is 0.470 e. The molecule has 0 amide bonds. The first-order valence-electron chi connectivity index (χ1n) is 17.6. The van der Waals surface area contributed by atoms with Crippen LogP contribution in [0.1, 0.15) is 207 Å². The van der Waals surface area contributed by atoms with Crippen LogP contribution < -0.4 is 0 Å². The van der Waals surface area contributed by atoms with Crippen LogP contribution in [0.2, 0.25) is 0 Å². The summed E-state index contributed by atoms with van der Waals surface area (Å²) >= 11 is 0. The quantitative estimate of drug-likeness (QED) is 0.0638. The Kier molecular flexibility index (Phi) is 27.1. The Balaban J connectivity index is 5.61. The summed E-state index contributed by atoms with van der Waals surface area (Å²) in [7, 11) is -4.58. The van der Waals surface area contributed by atoms with Crippen LogP contribution >= 0.6 is 7.82 Å². The van der Waals surface area contributed by atoms with Gasteiger partial charge in [-0.05, 0) is 31.6 Å². The third kappa shape index (κ3) is 23.4. The Morgan fingerprint density at radius 1 is 0.487 bits per heavy atom. The summed E-state index contributed by atoms with van der Waals surface area (Å²) in [4.78, 5) is 20.3. The van der Waals surface area contributed by atoms with Crippen LogP contribution in [-0.4, -0.2) is 15.4 Å². The van der Waals surface area contributed by atoms with Gasteiger partial charge in [0.15, 0.2) is 0 Å². The van der Waals surface area contributed by atoms with E-state index in [9.17, 15) is 14.4 Å². The van der Waals surface area contributed by atoms with Gasteiger partial charge in [0.25, 0.3) is 0 Å². The van der Waals surface area contributed by atoms with Gasteiger partial charge < -0.3 is 9.79 Å². The standard InChI is InChI=1S/C34H71O4P/c1-5-9-13-17-21-25-29-33(30-26-22-18-14-10-6-2)34(38-39(35,36)37,31-27-23-19-15-11-7-3)32-28-24-20-16-12-8-4/h33H,5-32H2,1-4H3,(H2,35,36,37). The molecule has 0 aromatic rings. The first-order chi connectivity index (χ1) is 18.8. The van der Waals surface area contributed by atoms with E-state index in [4.69, 9.17) is 4.52 Å². The zero-order valence-electron chi connectivity index (χ0n) is 27.0. The zero-order valence-corrected chi connectivity index (χ0v) is 27.9. The van der Waals surface area contributed by atoms with Crippen molar-refractivity contribution in [1.29, 1.82) is 0 Å². The van der Waals surface area contributed by atoms with Crippen molar-refractivity contribution in [3.8, 4) is 0 Å². The van der Waals surface area contributed by atoms with Crippen LogP contribution in [0.25, 0.3) is 0 Å². The second-order valence-electron chi connectivity index (χ2n) is 12.5. The zero-order chi connectivity index (χ0) is 29.1. The number of hydrogen-bond donors (Lipinski definition) is 2. The molecule has 0 aliphatic heterocycles. The summed E-state index contributed by atoms with van der Waals surface area (Å²) in [6.07, 6.45) is 33.1. The van der Waals surface area contributed by atoms with Gasteiger partial charge in [-0.25, -0.2) is 4.57 Å². The molecule has 0 heterocycles. The molecular formula is C34H71O4P. The molecule has 0 fully saturated rings. The fourth-order valence-electron chi connectivity index (χ4n) is 6.36. The van der Waals surface area contributed by atoms with Gasteiger partial charge in [0.1, 0.15) is 0 Å². The third-order valence-electron chi connectivity index (χ3n) is 8.76. The molecule has 2 N–H and O–H groups in total. The predicted octanol–water partition coefficient (Wildman–Crippen LogP) is 12.5. The highest BCUT2D eigenvalue weighted by molar-refractivity contribution is 7.46. The molecule has 0 radical (unpaired) electrons. The second kappa shape index (κ2) is 27.0. The van der Waals surface area contributed by atoms with E-state index in [1.165, 1.54) is 116 Å². The summed E-state index contributed by atoms with van der Waals surface area (Å²) in [5.41, 5.74) is -0.679. The Morgan fingerprint density at radius 2 is 0.769 bits per heavy atom. The summed E-state index contributed by atoms with van der Waals surface area (Å²) < 4.78 is 18.5. The third-order valence-corrected chi connectivity index (χ3v) is 9.37. The Labute approximate surface area is 245 Å². The highest BCUT2D eigenvalue weighted by Crippen LogP contribution is 2.51. The molecule has 0 rings (SSSR count). The number of phosphoric acid groups is 1. The average molecular weight is 575 g/mol. The Bertz CT molecular complexity index is 515. The first kappa shape index (κ1) is 39.1. The highest BCUT2D eigenvalue weighted by atomic mass is 31.2. The number of hydrogen-bond acceptors (Lipinski definition) is 2. The number of unbranched alkanes of at least 4 members (excludes halogenated alkanes) is 20. The molecule has 0 saturated heterocycles. The van der Waals surface area contributed by atoms with Crippen LogP contribution in [0.5, 0.6) is 0 Å². The smallest absolute Gasteiger partial charge is 0.303 e. The van der Waals surface area contributed by atoms with E-state index in [0.717, 1.165) is 64.2 Å². The summed E-state index contributed by atoms with van der Waals surface area (Å²) in [6, 6.07) is 0. The maximum absolute atomic E-state index is 12.5. The maximum atomic E-state index is 12.5. The summed E-state index contributed by atoms with van der Waals surface area (Å²) in [5.74, 6) is 0.244. The van der Waals surface area contributed by atoms with E-state index >= 15 is 0 Å². The van der Waals surface area contributed by atoms with Gasteiger partial charge in [-0.15, -0.1) is 0 Å². The van der Waals surface area contributed by atoms with Crippen molar-refractivity contribution < 1.29 is 18.9 Å². The molecule has 236 valence electrons. The van der Waals surface area contributed by atoms with Gasteiger partial charge >= 0.3 is 7.82 Å². The Hall–Kier alpha value is 0.110. The van der Waals surface area contributed by atoms with Gasteiger partial charge in [-0.1, -0.05) is 182 Å². The fourth-order valence-corrected chi connectivity index (χ4v) is 7.16. The number of phosphoric ester groups is 1. The monoisotopic (exact) mass is 575 g/mol. The highest BCUT2D eigenvalue weighted by Gasteiger charge is 2.43. The molecule has 5 heteroatoms. The van der Waals surface area contributed by atoms with E-state index in [2.05, 4.69) is 27.7 Å². The molecule has 4 nitrogen and oxygen atoms in total. The molecule has 39 heavy (non-hydrogen) atoms. The lowest BCUT2D eigenvalue weighted by Crippen LogP contribution is -2.40. The summed E-state index contributed by atoms with van der Waals surface area (Å²) in [5, 5.41) is 0. The predicted molar refractivity (Wildman–Crippen MR) is 171 cm³/mol. The van der Waals surface area contributed by atoms with Crippen LogP contribution in [0.4, 0.5) is 0 Å². The van der Waals surface area contributed by atoms with Crippen molar-refractivity contribution in [1.82, 2.24) is 0 Å². The van der Waals surface area contributed by atoms with Crippen LogP contribution in [-0.2, 0) is 9.09 Å². The van der Waals surface area contributed by atoms with E-state index < -0.39 is 13.4 Å². The lowest BCUT2D eigenvalue weighted by molar-refractivity contribution is -0.0417. The minimum atomic E-state index is -4.58. The topological polar surface area (TPSA) is 66.8 Å². The van der Waals surface area contributed by atoms with Gasteiger partial charge in [-0.3, -0.25) is 4.52 Å². The number of rotatable bonds is 31. The minimum absolute atomic E-state index is 0.244. The largest absolute Gasteiger partial charge is 0.470 e. The molecule has 0 atom stereocenters. The van der Waals surface area contributed by atoms with E-state index in [-0.39, 0.29) is 5.92 Å². The summed E-state index contributed by atoms with van der Waals surface area (Å²) in [6.45, 7) is 9.01. The second-order valence-corrected chi connectivity index (χ2v) is 13.7. The molecule has 0 spiro atoms. The van der Waals surface area contributed by atoms with Crippen molar-refractivity contribution in [2.45, 2.75) is 213 Å². The first-order valence-corrected chi connectivity index (χ1v) is 19.1. The molecule has 0 aliphatic carbocycles. The van der Waals surface area contributed by atoms with Crippen molar-refractivity contribution in [2.24, 2.45) is 5.92 Å². The van der Waals surface area contributed by atoms with Crippen molar-refractivity contribution >= 4 is 7.82 Å². The van der Waals surface area contributed by atoms with Crippen molar-refractivity contribution in [3.05, 3.63) is 0 Å². The fraction of sp³-hybridized carbons (Fsp3) is 1.00.